The zero-order valence-corrected chi connectivity index (χ0v) is 16.0. The lowest BCUT2D eigenvalue weighted by Crippen LogP contribution is -2.41. The molecule has 0 fully saturated rings. The summed E-state index contributed by atoms with van der Waals surface area (Å²) in [7, 11) is 1.99. The quantitative estimate of drug-likeness (QED) is 0.744. The van der Waals surface area contributed by atoms with Crippen molar-refractivity contribution in [2.45, 2.75) is 25.7 Å². The van der Waals surface area contributed by atoms with Gasteiger partial charge in [0, 0.05) is 32.1 Å². The van der Waals surface area contributed by atoms with E-state index in [2.05, 4.69) is 14.9 Å². The first-order valence-corrected chi connectivity index (χ1v) is 9.69. The number of anilines is 1. The van der Waals surface area contributed by atoms with Crippen LogP contribution in [0.25, 0.3) is 11.0 Å². The number of imidazole rings is 1. The Morgan fingerprint density at radius 1 is 1.11 bits per heavy atom. The van der Waals surface area contributed by atoms with Crippen molar-refractivity contribution in [3.05, 3.63) is 59.9 Å². The van der Waals surface area contributed by atoms with Crippen molar-refractivity contribution in [2.24, 2.45) is 7.05 Å². The van der Waals surface area contributed by atoms with Crippen LogP contribution in [-0.4, -0.2) is 34.5 Å². The molecule has 1 aliphatic rings. The highest BCUT2D eigenvalue weighted by atomic mass is 16.2. The largest absolute Gasteiger partial charge is 0.354 e. The number of amides is 2. The molecule has 2 aromatic carbocycles. The van der Waals surface area contributed by atoms with E-state index in [1.54, 1.807) is 4.90 Å². The molecule has 2 heterocycles. The van der Waals surface area contributed by atoms with Gasteiger partial charge in [0.05, 0.1) is 11.0 Å². The molecule has 144 valence electrons. The summed E-state index contributed by atoms with van der Waals surface area (Å²) in [6.45, 7) is 0.540. The summed E-state index contributed by atoms with van der Waals surface area (Å²) in [5, 5.41) is 2.94. The van der Waals surface area contributed by atoms with Gasteiger partial charge in [-0.3, -0.25) is 9.59 Å². The number of nitrogens with zero attached hydrogens (tertiary/aromatic N) is 3. The van der Waals surface area contributed by atoms with E-state index < -0.39 is 0 Å². The average Bonchev–Trinajstić information content (AvgIpc) is 2.93. The molecule has 0 aliphatic carbocycles. The van der Waals surface area contributed by atoms with Gasteiger partial charge < -0.3 is 14.8 Å². The van der Waals surface area contributed by atoms with Crippen molar-refractivity contribution in [1.82, 2.24) is 14.9 Å². The molecule has 0 saturated carbocycles. The zero-order chi connectivity index (χ0) is 19.5. The van der Waals surface area contributed by atoms with Gasteiger partial charge in [-0.25, -0.2) is 4.98 Å². The number of nitrogens with one attached hydrogen (secondary N) is 1. The Balaban J connectivity index is 1.39. The van der Waals surface area contributed by atoms with Crippen LogP contribution in [0.2, 0.25) is 0 Å². The Hall–Kier alpha value is -3.15. The standard InChI is InChI=1S/C22H24N4O2/c1-25-19-11-5-3-9-17(19)24-20(25)13-14-23-21(27)15-26-18-10-4-2-7-16(18)8-6-12-22(26)28/h2-5,7,9-11H,6,8,12-15H2,1H3,(H,23,27). The van der Waals surface area contributed by atoms with Crippen molar-refractivity contribution in [3.63, 3.8) is 0 Å². The van der Waals surface area contributed by atoms with Crippen molar-refractivity contribution in [3.8, 4) is 0 Å². The molecule has 6 nitrogen and oxygen atoms in total. The summed E-state index contributed by atoms with van der Waals surface area (Å²) < 4.78 is 2.05. The van der Waals surface area contributed by atoms with Gasteiger partial charge in [0.25, 0.3) is 0 Å². The third-order valence-corrected chi connectivity index (χ3v) is 5.27. The highest BCUT2D eigenvalue weighted by molar-refractivity contribution is 5.99. The third kappa shape index (κ3) is 3.63. The maximum atomic E-state index is 12.5. The van der Waals surface area contributed by atoms with Crippen LogP contribution < -0.4 is 10.2 Å². The monoisotopic (exact) mass is 376 g/mol. The van der Waals surface area contributed by atoms with E-state index in [4.69, 9.17) is 0 Å². The number of carbonyl (C=O) groups is 2. The highest BCUT2D eigenvalue weighted by Crippen LogP contribution is 2.26. The first-order valence-electron chi connectivity index (χ1n) is 9.69. The zero-order valence-electron chi connectivity index (χ0n) is 16.0. The highest BCUT2D eigenvalue weighted by Gasteiger charge is 2.23. The number of hydrogen-bond donors (Lipinski definition) is 1. The summed E-state index contributed by atoms with van der Waals surface area (Å²) in [5.41, 5.74) is 4.02. The fraction of sp³-hybridized carbons (Fsp3) is 0.318. The number of carbonyl (C=O) groups excluding carboxylic acids is 2. The minimum Gasteiger partial charge on any atom is -0.354 e. The van der Waals surface area contributed by atoms with Crippen LogP contribution >= 0.6 is 0 Å². The first-order chi connectivity index (χ1) is 13.6. The average molecular weight is 376 g/mol. The first kappa shape index (κ1) is 18.2. The lowest BCUT2D eigenvalue weighted by Gasteiger charge is -2.22. The number of benzene rings is 2. The number of rotatable bonds is 5. The van der Waals surface area contributed by atoms with E-state index in [1.165, 1.54) is 0 Å². The van der Waals surface area contributed by atoms with Gasteiger partial charge in [0.1, 0.15) is 12.4 Å². The molecule has 0 bridgehead atoms. The fourth-order valence-electron chi connectivity index (χ4n) is 3.79. The maximum Gasteiger partial charge on any atom is 0.240 e. The Morgan fingerprint density at radius 2 is 1.89 bits per heavy atom. The molecule has 1 N–H and O–H groups in total. The Kier molecular flexibility index (Phi) is 5.10. The van der Waals surface area contributed by atoms with Gasteiger partial charge in [0.15, 0.2) is 0 Å². The molecule has 0 saturated heterocycles. The predicted molar refractivity (Wildman–Crippen MR) is 109 cm³/mol. The van der Waals surface area contributed by atoms with Crippen molar-refractivity contribution in [2.75, 3.05) is 18.0 Å². The molecule has 1 aromatic heterocycles. The summed E-state index contributed by atoms with van der Waals surface area (Å²) in [6, 6.07) is 15.8. The molecule has 6 heteroatoms. The molecule has 0 unspecified atom stereocenters. The van der Waals surface area contributed by atoms with E-state index in [1.807, 2.05) is 55.6 Å². The fourth-order valence-corrected chi connectivity index (χ4v) is 3.79. The molecule has 0 atom stereocenters. The second-order valence-electron chi connectivity index (χ2n) is 7.14. The van der Waals surface area contributed by atoms with Crippen LogP contribution in [0, 0.1) is 0 Å². The summed E-state index contributed by atoms with van der Waals surface area (Å²) in [4.78, 5) is 31.2. The smallest absolute Gasteiger partial charge is 0.240 e. The van der Waals surface area contributed by atoms with Crippen LogP contribution in [0.1, 0.15) is 24.2 Å². The SMILES string of the molecule is Cn1c(CCNC(=O)CN2C(=O)CCCc3ccccc32)nc2ccccc21. The van der Waals surface area contributed by atoms with E-state index in [0.717, 1.165) is 41.0 Å². The minimum atomic E-state index is -0.149. The number of hydrogen-bond acceptors (Lipinski definition) is 3. The summed E-state index contributed by atoms with van der Waals surface area (Å²) in [5.74, 6) is 0.789. The molecule has 28 heavy (non-hydrogen) atoms. The van der Waals surface area contributed by atoms with E-state index in [0.29, 0.717) is 19.4 Å². The summed E-state index contributed by atoms with van der Waals surface area (Å²) in [6.07, 6.45) is 2.80. The topological polar surface area (TPSA) is 67.2 Å². The normalized spacial score (nSPS) is 14.0. The summed E-state index contributed by atoms with van der Waals surface area (Å²) >= 11 is 0. The van der Waals surface area contributed by atoms with E-state index >= 15 is 0 Å². The molecular formula is C22H24N4O2. The van der Waals surface area contributed by atoms with Gasteiger partial charge >= 0.3 is 0 Å². The number of aromatic nitrogens is 2. The van der Waals surface area contributed by atoms with Crippen LogP contribution in [0.5, 0.6) is 0 Å². The molecule has 4 rings (SSSR count). The van der Waals surface area contributed by atoms with Crippen LogP contribution in [-0.2, 0) is 29.5 Å². The van der Waals surface area contributed by atoms with Gasteiger partial charge in [-0.2, -0.15) is 0 Å². The number of para-hydroxylation sites is 3. The molecule has 0 radical (unpaired) electrons. The third-order valence-electron chi connectivity index (χ3n) is 5.27. The second-order valence-corrected chi connectivity index (χ2v) is 7.14. The van der Waals surface area contributed by atoms with Gasteiger partial charge in [0.2, 0.25) is 11.8 Å². The molecule has 3 aromatic rings. The van der Waals surface area contributed by atoms with Gasteiger partial charge in [-0.15, -0.1) is 0 Å². The number of aryl methyl sites for hydroxylation is 2. The predicted octanol–water partition coefficient (Wildman–Crippen LogP) is 2.60. The van der Waals surface area contributed by atoms with E-state index in [9.17, 15) is 9.59 Å². The van der Waals surface area contributed by atoms with Crippen molar-refractivity contribution >= 4 is 28.5 Å². The second kappa shape index (κ2) is 7.84. The van der Waals surface area contributed by atoms with Crippen LogP contribution in [0.3, 0.4) is 0 Å². The Morgan fingerprint density at radius 3 is 2.75 bits per heavy atom. The maximum absolute atomic E-state index is 12.5. The molecule has 1 aliphatic heterocycles. The molecule has 0 spiro atoms. The lowest BCUT2D eigenvalue weighted by molar-refractivity contribution is -0.123. The van der Waals surface area contributed by atoms with Crippen LogP contribution in [0.4, 0.5) is 5.69 Å². The van der Waals surface area contributed by atoms with Crippen molar-refractivity contribution < 1.29 is 9.59 Å². The number of fused-ring (bicyclic) bond motifs is 2. The minimum absolute atomic E-state index is 0.00968. The Bertz CT molecular complexity index is 1020. The van der Waals surface area contributed by atoms with Crippen LogP contribution in [0.15, 0.2) is 48.5 Å². The lowest BCUT2D eigenvalue weighted by atomic mass is 10.1. The molecule has 2 amide bonds. The van der Waals surface area contributed by atoms with E-state index in [-0.39, 0.29) is 18.4 Å². The molecular weight excluding hydrogens is 352 g/mol. The Labute approximate surface area is 164 Å². The van der Waals surface area contributed by atoms with Gasteiger partial charge in [-0.1, -0.05) is 30.3 Å². The van der Waals surface area contributed by atoms with Crippen molar-refractivity contribution in [1.29, 1.82) is 0 Å². The van der Waals surface area contributed by atoms with Gasteiger partial charge in [-0.05, 0) is 36.6 Å².